The number of aromatic nitrogens is 1. The van der Waals surface area contributed by atoms with Gasteiger partial charge >= 0.3 is 0 Å². The van der Waals surface area contributed by atoms with Gasteiger partial charge < -0.3 is 10.3 Å². The van der Waals surface area contributed by atoms with Crippen molar-refractivity contribution in [2.24, 2.45) is 0 Å². The van der Waals surface area contributed by atoms with Crippen molar-refractivity contribution in [1.29, 1.82) is 5.26 Å². The van der Waals surface area contributed by atoms with Crippen LogP contribution in [-0.2, 0) is 10.2 Å². The summed E-state index contributed by atoms with van der Waals surface area (Å²) >= 11 is 0. The first-order valence-electron chi connectivity index (χ1n) is 8.03. The number of hydrogen-bond acceptors (Lipinski definition) is 2. The lowest BCUT2D eigenvalue weighted by Gasteiger charge is -2.16. The van der Waals surface area contributed by atoms with Gasteiger partial charge in [0.25, 0.3) is 0 Å². The van der Waals surface area contributed by atoms with E-state index in [1.807, 2.05) is 25.1 Å². The highest BCUT2D eigenvalue weighted by Gasteiger charge is 2.53. The lowest BCUT2D eigenvalue weighted by Crippen LogP contribution is -2.28. The summed E-state index contributed by atoms with van der Waals surface area (Å²) in [6.07, 6.45) is 1.72. The van der Waals surface area contributed by atoms with Gasteiger partial charge in [0.1, 0.15) is 0 Å². The maximum absolute atomic E-state index is 13.0. The zero-order valence-corrected chi connectivity index (χ0v) is 13.4. The van der Waals surface area contributed by atoms with Crippen molar-refractivity contribution in [3.8, 4) is 6.07 Å². The molecule has 2 N–H and O–H groups in total. The highest BCUT2D eigenvalue weighted by Crippen LogP contribution is 2.52. The van der Waals surface area contributed by atoms with Gasteiger partial charge in [-0.05, 0) is 55.7 Å². The Morgan fingerprint density at radius 2 is 1.88 bits per heavy atom. The smallest absolute Gasteiger partial charge is 0.235 e. The lowest BCUT2D eigenvalue weighted by atomic mass is 9.92. The number of nitrogens with one attached hydrogen (secondary N) is 2. The van der Waals surface area contributed by atoms with E-state index in [0.29, 0.717) is 5.56 Å². The molecule has 0 bridgehead atoms. The molecule has 4 heteroatoms. The Bertz CT molecular complexity index is 972. The Morgan fingerprint density at radius 1 is 1.17 bits per heavy atom. The largest absolute Gasteiger partial charge is 0.358 e. The van der Waals surface area contributed by atoms with Crippen LogP contribution in [0.15, 0.2) is 48.5 Å². The van der Waals surface area contributed by atoms with Gasteiger partial charge in [0.05, 0.1) is 17.0 Å². The molecule has 2 aromatic carbocycles. The molecule has 3 aromatic rings. The minimum atomic E-state index is -0.447. The number of nitriles is 1. The summed E-state index contributed by atoms with van der Waals surface area (Å²) in [6, 6.07) is 17.2. The van der Waals surface area contributed by atoms with Crippen LogP contribution in [0.2, 0.25) is 0 Å². The first-order valence-corrected chi connectivity index (χ1v) is 8.03. The maximum Gasteiger partial charge on any atom is 0.235 e. The van der Waals surface area contributed by atoms with Crippen LogP contribution in [0.1, 0.15) is 29.7 Å². The number of para-hydroxylation sites is 1. The van der Waals surface area contributed by atoms with Crippen LogP contribution in [0.5, 0.6) is 0 Å². The molecule has 1 heterocycles. The molecule has 0 unspecified atom stereocenters. The molecule has 4 rings (SSSR count). The number of aromatic amines is 1. The van der Waals surface area contributed by atoms with E-state index < -0.39 is 5.41 Å². The van der Waals surface area contributed by atoms with Gasteiger partial charge in [0.15, 0.2) is 0 Å². The van der Waals surface area contributed by atoms with E-state index in [-0.39, 0.29) is 5.91 Å². The standard InChI is InChI=1S/C20H17N3O/c1-13-18(16-4-2-3-5-17(16)22-13)20(10-11-20)19(24)23-15-8-6-14(12-21)7-9-15/h2-9,22H,10-11H2,1H3,(H,23,24). The summed E-state index contributed by atoms with van der Waals surface area (Å²) in [5, 5.41) is 13.0. The number of H-pyrrole nitrogens is 1. The third-order valence-electron chi connectivity index (χ3n) is 4.83. The number of carbonyl (C=O) groups is 1. The van der Waals surface area contributed by atoms with E-state index in [1.165, 1.54) is 0 Å². The van der Waals surface area contributed by atoms with E-state index >= 15 is 0 Å². The van der Waals surface area contributed by atoms with Crippen molar-refractivity contribution in [1.82, 2.24) is 4.98 Å². The number of nitrogens with zero attached hydrogens (tertiary/aromatic N) is 1. The molecule has 0 aliphatic heterocycles. The van der Waals surface area contributed by atoms with Gasteiger partial charge in [0, 0.05) is 22.3 Å². The van der Waals surface area contributed by atoms with Crippen molar-refractivity contribution < 1.29 is 4.79 Å². The Labute approximate surface area is 140 Å². The number of aryl methyl sites for hydroxylation is 1. The summed E-state index contributed by atoms with van der Waals surface area (Å²) in [7, 11) is 0. The van der Waals surface area contributed by atoms with Crippen molar-refractivity contribution in [2.45, 2.75) is 25.2 Å². The minimum Gasteiger partial charge on any atom is -0.358 e. The molecule has 4 nitrogen and oxygen atoms in total. The van der Waals surface area contributed by atoms with Crippen LogP contribution < -0.4 is 5.32 Å². The van der Waals surface area contributed by atoms with Gasteiger partial charge in [-0.15, -0.1) is 0 Å². The number of carbonyl (C=O) groups excluding carboxylic acids is 1. The molecule has 1 fully saturated rings. The van der Waals surface area contributed by atoms with Gasteiger partial charge in [-0.3, -0.25) is 4.79 Å². The molecule has 1 aliphatic carbocycles. The predicted octanol–water partition coefficient (Wildman–Crippen LogP) is 4.02. The fraction of sp³-hybridized carbons (Fsp3) is 0.200. The number of rotatable bonds is 3. The molecule has 0 atom stereocenters. The van der Waals surface area contributed by atoms with Gasteiger partial charge in [-0.25, -0.2) is 0 Å². The van der Waals surface area contributed by atoms with Crippen LogP contribution in [0.25, 0.3) is 10.9 Å². The summed E-state index contributed by atoms with van der Waals surface area (Å²) < 4.78 is 0. The third-order valence-corrected chi connectivity index (χ3v) is 4.83. The third kappa shape index (κ3) is 2.17. The van der Waals surface area contributed by atoms with E-state index in [9.17, 15) is 4.79 Å². The van der Waals surface area contributed by atoms with E-state index in [2.05, 4.69) is 22.4 Å². The molecular formula is C20H17N3O. The number of fused-ring (bicyclic) bond motifs is 1. The molecule has 24 heavy (non-hydrogen) atoms. The van der Waals surface area contributed by atoms with Gasteiger partial charge in [-0.2, -0.15) is 5.26 Å². The molecule has 1 amide bonds. The Balaban J connectivity index is 1.68. The second kappa shape index (κ2) is 5.24. The topological polar surface area (TPSA) is 68.7 Å². The Morgan fingerprint density at radius 3 is 2.54 bits per heavy atom. The van der Waals surface area contributed by atoms with Crippen molar-refractivity contribution >= 4 is 22.5 Å². The molecule has 1 aliphatic rings. The molecule has 118 valence electrons. The van der Waals surface area contributed by atoms with Crippen LogP contribution in [-0.4, -0.2) is 10.9 Å². The summed E-state index contributed by atoms with van der Waals surface area (Å²) in [5.41, 5.74) is 4.11. The number of amides is 1. The van der Waals surface area contributed by atoms with Gasteiger partial charge in [0.2, 0.25) is 5.91 Å². The number of hydrogen-bond donors (Lipinski definition) is 2. The van der Waals surface area contributed by atoms with Crippen LogP contribution in [0, 0.1) is 18.3 Å². The lowest BCUT2D eigenvalue weighted by molar-refractivity contribution is -0.118. The molecule has 0 saturated heterocycles. The number of benzene rings is 2. The molecule has 1 saturated carbocycles. The SMILES string of the molecule is Cc1[nH]c2ccccc2c1C1(C(=O)Nc2ccc(C#N)cc2)CC1. The fourth-order valence-electron chi connectivity index (χ4n) is 3.49. The molecule has 1 aromatic heterocycles. The van der Waals surface area contributed by atoms with Crippen molar-refractivity contribution in [3.05, 3.63) is 65.4 Å². The highest BCUT2D eigenvalue weighted by molar-refractivity contribution is 6.05. The summed E-state index contributed by atoms with van der Waals surface area (Å²) in [6.45, 7) is 2.03. The quantitative estimate of drug-likeness (QED) is 0.766. The zero-order valence-electron chi connectivity index (χ0n) is 13.4. The highest BCUT2D eigenvalue weighted by atomic mass is 16.2. The normalized spacial score (nSPS) is 15.0. The molecular weight excluding hydrogens is 298 g/mol. The van der Waals surface area contributed by atoms with Crippen molar-refractivity contribution in [3.63, 3.8) is 0 Å². The first-order chi connectivity index (χ1) is 11.6. The first kappa shape index (κ1) is 14.5. The average molecular weight is 315 g/mol. The molecule has 0 radical (unpaired) electrons. The van der Waals surface area contributed by atoms with E-state index in [4.69, 9.17) is 5.26 Å². The van der Waals surface area contributed by atoms with Crippen LogP contribution in [0.4, 0.5) is 5.69 Å². The van der Waals surface area contributed by atoms with Crippen LogP contribution >= 0.6 is 0 Å². The second-order valence-electron chi connectivity index (χ2n) is 6.40. The van der Waals surface area contributed by atoms with E-state index in [1.54, 1.807) is 24.3 Å². The maximum atomic E-state index is 13.0. The van der Waals surface area contributed by atoms with Gasteiger partial charge in [-0.1, -0.05) is 18.2 Å². The average Bonchev–Trinajstić information content (AvgIpc) is 3.32. The van der Waals surface area contributed by atoms with Crippen LogP contribution in [0.3, 0.4) is 0 Å². The molecule has 0 spiro atoms. The fourth-order valence-corrected chi connectivity index (χ4v) is 3.49. The van der Waals surface area contributed by atoms with Crippen molar-refractivity contribution in [2.75, 3.05) is 5.32 Å². The zero-order chi connectivity index (χ0) is 16.7. The second-order valence-corrected chi connectivity index (χ2v) is 6.40. The summed E-state index contributed by atoms with van der Waals surface area (Å²) in [4.78, 5) is 16.3. The number of anilines is 1. The minimum absolute atomic E-state index is 0.0278. The Hall–Kier alpha value is -3.06. The monoisotopic (exact) mass is 315 g/mol. The summed E-state index contributed by atoms with van der Waals surface area (Å²) in [5.74, 6) is 0.0278. The van der Waals surface area contributed by atoms with E-state index in [0.717, 1.165) is 40.7 Å². The Kier molecular flexibility index (Phi) is 3.17. The predicted molar refractivity (Wildman–Crippen MR) is 93.7 cm³/mol.